The fourth-order valence-corrected chi connectivity index (χ4v) is 4.17. The van der Waals surface area contributed by atoms with Crippen LogP contribution in [-0.2, 0) is 19.8 Å². The number of carbonyl (C=O) groups excluding carboxylic acids is 1. The Hall–Kier alpha value is -5.29. The number of ether oxygens (including phenoxy) is 3. The molecule has 0 aliphatic heterocycles. The predicted molar refractivity (Wildman–Crippen MR) is 160 cm³/mol. The Morgan fingerprint density at radius 2 is 1.12 bits per heavy atom. The first-order valence-electron chi connectivity index (χ1n) is 13.3. The van der Waals surface area contributed by atoms with Crippen molar-refractivity contribution in [2.45, 2.75) is 19.8 Å². The van der Waals surface area contributed by atoms with Gasteiger partial charge in [0.1, 0.15) is 42.8 Å². The van der Waals surface area contributed by atoms with Crippen LogP contribution in [0.1, 0.15) is 32.6 Å². The molecule has 0 saturated heterocycles. The fourth-order valence-electron chi connectivity index (χ4n) is 4.17. The summed E-state index contributed by atoms with van der Waals surface area (Å²) in [5.74, 6) is 1.33. The van der Waals surface area contributed by atoms with Gasteiger partial charge < -0.3 is 19.3 Å². The zero-order valence-electron chi connectivity index (χ0n) is 22.5. The molecule has 0 saturated carbocycles. The maximum Gasteiger partial charge on any atom is 0.189 e. The van der Waals surface area contributed by atoms with Crippen LogP contribution in [0.25, 0.3) is 6.08 Å². The van der Waals surface area contributed by atoms with E-state index in [0.29, 0.717) is 36.0 Å². The summed E-state index contributed by atoms with van der Waals surface area (Å²) in [6.07, 6.45) is 3.20. The number of allylic oxidation sites excluding steroid dienone is 1. The molecule has 0 radical (unpaired) electrons. The number of benzene rings is 5. The molecule has 1 N–H and O–H groups in total. The summed E-state index contributed by atoms with van der Waals surface area (Å²) in [5.41, 5.74) is 4.13. The molecule has 0 bridgehead atoms. The van der Waals surface area contributed by atoms with Crippen LogP contribution < -0.4 is 14.2 Å². The number of carbonyl (C=O) groups is 1. The van der Waals surface area contributed by atoms with Crippen molar-refractivity contribution in [3.63, 3.8) is 0 Å². The Morgan fingerprint density at radius 1 is 0.585 bits per heavy atom. The van der Waals surface area contributed by atoms with Gasteiger partial charge in [-0.3, -0.25) is 4.79 Å². The SMILES string of the molecule is O=C(C=Cc1ccc(OCc2ccccc2)cc1OCc1ccccc1)c1ccc(O)cc1OCc1ccccc1. The van der Waals surface area contributed by atoms with E-state index in [-0.39, 0.29) is 18.1 Å². The Kier molecular flexibility index (Phi) is 9.10. The number of phenolic OH excluding ortho intramolecular Hbond substituents is 1. The van der Waals surface area contributed by atoms with Crippen molar-refractivity contribution in [2.75, 3.05) is 0 Å². The highest BCUT2D eigenvalue weighted by molar-refractivity contribution is 6.08. The topological polar surface area (TPSA) is 65.0 Å². The summed E-state index contributed by atoms with van der Waals surface area (Å²) in [6, 6.07) is 39.5. The van der Waals surface area contributed by atoms with E-state index in [0.717, 1.165) is 22.3 Å². The quantitative estimate of drug-likeness (QED) is 0.128. The van der Waals surface area contributed by atoms with Crippen LogP contribution >= 0.6 is 0 Å². The Labute approximate surface area is 239 Å². The van der Waals surface area contributed by atoms with Gasteiger partial charge in [0.05, 0.1) is 5.56 Å². The maximum atomic E-state index is 13.3. The average Bonchev–Trinajstić information content (AvgIpc) is 3.02. The van der Waals surface area contributed by atoms with Crippen LogP contribution in [0.4, 0.5) is 0 Å². The zero-order chi connectivity index (χ0) is 28.3. The van der Waals surface area contributed by atoms with E-state index >= 15 is 0 Å². The molecular weight excluding hydrogens is 512 g/mol. The molecule has 41 heavy (non-hydrogen) atoms. The van der Waals surface area contributed by atoms with Gasteiger partial charge in [-0.15, -0.1) is 0 Å². The zero-order valence-corrected chi connectivity index (χ0v) is 22.5. The minimum Gasteiger partial charge on any atom is -0.508 e. The van der Waals surface area contributed by atoms with E-state index in [1.54, 1.807) is 12.1 Å². The third-order valence-corrected chi connectivity index (χ3v) is 6.35. The monoisotopic (exact) mass is 542 g/mol. The van der Waals surface area contributed by atoms with Crippen LogP contribution in [0.15, 0.2) is 133 Å². The molecule has 0 aromatic heterocycles. The first kappa shape index (κ1) is 27.3. The van der Waals surface area contributed by atoms with Crippen molar-refractivity contribution in [1.29, 1.82) is 0 Å². The minimum atomic E-state index is -0.258. The van der Waals surface area contributed by atoms with Gasteiger partial charge >= 0.3 is 0 Å². The van der Waals surface area contributed by atoms with Crippen molar-refractivity contribution < 1.29 is 24.1 Å². The van der Waals surface area contributed by atoms with Crippen LogP contribution in [0.5, 0.6) is 23.0 Å². The molecule has 5 rings (SSSR count). The van der Waals surface area contributed by atoms with Crippen LogP contribution in [-0.4, -0.2) is 10.9 Å². The molecule has 0 aliphatic rings. The highest BCUT2D eigenvalue weighted by atomic mass is 16.5. The lowest BCUT2D eigenvalue weighted by molar-refractivity contribution is 0.104. The van der Waals surface area contributed by atoms with Crippen LogP contribution in [0.3, 0.4) is 0 Å². The summed E-state index contributed by atoms with van der Waals surface area (Å²) >= 11 is 0. The van der Waals surface area contributed by atoms with Gasteiger partial charge in [0.25, 0.3) is 0 Å². The third kappa shape index (κ3) is 7.87. The molecule has 5 aromatic carbocycles. The Bertz CT molecular complexity index is 1600. The first-order chi connectivity index (χ1) is 20.1. The Balaban J connectivity index is 1.35. The summed E-state index contributed by atoms with van der Waals surface area (Å²) in [7, 11) is 0. The molecule has 5 heteroatoms. The molecule has 0 aliphatic carbocycles. The van der Waals surface area contributed by atoms with Gasteiger partial charge in [0.15, 0.2) is 5.78 Å². The molecule has 0 heterocycles. The third-order valence-electron chi connectivity index (χ3n) is 6.35. The average molecular weight is 543 g/mol. The molecule has 204 valence electrons. The van der Waals surface area contributed by atoms with E-state index < -0.39 is 0 Å². The van der Waals surface area contributed by atoms with Gasteiger partial charge in [0.2, 0.25) is 0 Å². The smallest absolute Gasteiger partial charge is 0.189 e. The molecule has 0 unspecified atom stereocenters. The van der Waals surface area contributed by atoms with Crippen molar-refractivity contribution in [3.05, 3.63) is 161 Å². The number of ketones is 1. The lowest BCUT2D eigenvalue weighted by atomic mass is 10.1. The molecule has 0 fully saturated rings. The standard InChI is InChI=1S/C36H30O5/c37-31-18-20-33(36(22-31)41-26-29-14-8-3-9-15-29)34(38)21-17-30-16-19-32(39-24-27-10-4-1-5-11-27)23-35(30)40-25-28-12-6-2-7-13-28/h1-23,37H,24-26H2. The van der Waals surface area contributed by atoms with E-state index in [4.69, 9.17) is 14.2 Å². The fraction of sp³-hybridized carbons (Fsp3) is 0.0833. The van der Waals surface area contributed by atoms with Crippen LogP contribution in [0.2, 0.25) is 0 Å². The van der Waals surface area contributed by atoms with Gasteiger partial charge in [0, 0.05) is 17.7 Å². The van der Waals surface area contributed by atoms with Crippen molar-refractivity contribution in [3.8, 4) is 23.0 Å². The lowest BCUT2D eigenvalue weighted by Gasteiger charge is -2.13. The molecule has 5 nitrogen and oxygen atoms in total. The van der Waals surface area contributed by atoms with Gasteiger partial charge in [-0.05, 0) is 53.1 Å². The van der Waals surface area contributed by atoms with Crippen LogP contribution in [0, 0.1) is 0 Å². The summed E-state index contributed by atoms with van der Waals surface area (Å²) in [4.78, 5) is 13.3. The summed E-state index contributed by atoms with van der Waals surface area (Å²) < 4.78 is 18.1. The van der Waals surface area contributed by atoms with E-state index in [1.165, 1.54) is 18.2 Å². The molecule has 0 amide bonds. The van der Waals surface area contributed by atoms with Crippen molar-refractivity contribution >= 4 is 11.9 Å². The van der Waals surface area contributed by atoms with Crippen molar-refractivity contribution in [1.82, 2.24) is 0 Å². The van der Waals surface area contributed by atoms with Gasteiger partial charge in [-0.2, -0.15) is 0 Å². The molecule has 5 aromatic rings. The number of phenols is 1. The lowest BCUT2D eigenvalue weighted by Crippen LogP contribution is -2.03. The van der Waals surface area contributed by atoms with Gasteiger partial charge in [-0.25, -0.2) is 0 Å². The number of hydrogen-bond acceptors (Lipinski definition) is 5. The first-order valence-corrected chi connectivity index (χ1v) is 13.3. The normalized spacial score (nSPS) is 10.8. The van der Waals surface area contributed by atoms with Crippen molar-refractivity contribution in [2.24, 2.45) is 0 Å². The van der Waals surface area contributed by atoms with E-state index in [1.807, 2.05) is 109 Å². The number of rotatable bonds is 12. The predicted octanol–water partition coefficient (Wildman–Crippen LogP) is 8.03. The molecule has 0 atom stereocenters. The summed E-state index contributed by atoms with van der Waals surface area (Å²) in [5, 5.41) is 10.0. The minimum absolute atomic E-state index is 0.0243. The highest BCUT2D eigenvalue weighted by Gasteiger charge is 2.13. The van der Waals surface area contributed by atoms with Gasteiger partial charge in [-0.1, -0.05) is 91.0 Å². The second-order valence-electron chi connectivity index (χ2n) is 9.40. The highest BCUT2D eigenvalue weighted by Crippen LogP contribution is 2.29. The van der Waals surface area contributed by atoms with E-state index in [2.05, 4.69) is 0 Å². The Morgan fingerprint density at radius 3 is 1.71 bits per heavy atom. The molecular formula is C36H30O5. The summed E-state index contributed by atoms with van der Waals surface area (Å²) in [6.45, 7) is 1.07. The molecule has 0 spiro atoms. The maximum absolute atomic E-state index is 13.3. The largest absolute Gasteiger partial charge is 0.508 e. The second kappa shape index (κ2) is 13.7. The number of hydrogen-bond donors (Lipinski definition) is 1. The second-order valence-corrected chi connectivity index (χ2v) is 9.40. The van der Waals surface area contributed by atoms with E-state index in [9.17, 15) is 9.90 Å². The number of aromatic hydroxyl groups is 1.